The van der Waals surface area contributed by atoms with E-state index in [0.29, 0.717) is 0 Å². The van der Waals surface area contributed by atoms with Crippen LogP contribution in [-0.2, 0) is 6.42 Å². The van der Waals surface area contributed by atoms with Gasteiger partial charge in [-0.2, -0.15) is 4.68 Å². The van der Waals surface area contributed by atoms with Crippen molar-refractivity contribution in [3.05, 3.63) is 60.2 Å². The summed E-state index contributed by atoms with van der Waals surface area (Å²) in [6, 6.07) is 18.2. The van der Waals surface area contributed by atoms with Crippen LogP contribution < -0.4 is 4.74 Å². The predicted octanol–water partition coefficient (Wildman–Crippen LogP) is 3.15. The van der Waals surface area contributed by atoms with Crippen LogP contribution in [0.5, 0.6) is 5.75 Å². The molecule has 1 atom stereocenters. The monoisotopic (exact) mass is 324 g/mol. The number of tetrazole rings is 1. The molecule has 1 aliphatic heterocycles. The quantitative estimate of drug-likeness (QED) is 0.690. The van der Waals surface area contributed by atoms with Crippen LogP contribution in [0.25, 0.3) is 5.69 Å². The van der Waals surface area contributed by atoms with Crippen molar-refractivity contribution in [1.29, 1.82) is 0 Å². The van der Waals surface area contributed by atoms with Gasteiger partial charge in [-0.15, -0.1) is 5.10 Å². The van der Waals surface area contributed by atoms with E-state index in [4.69, 9.17) is 4.74 Å². The molecule has 1 aromatic heterocycles. The van der Waals surface area contributed by atoms with E-state index in [2.05, 4.69) is 27.7 Å². The highest BCUT2D eigenvalue weighted by Gasteiger charge is 2.20. The average molecular weight is 324 g/mol. The Morgan fingerprint density at radius 2 is 1.91 bits per heavy atom. The van der Waals surface area contributed by atoms with Gasteiger partial charge in [0.15, 0.2) is 0 Å². The summed E-state index contributed by atoms with van der Waals surface area (Å²) < 4.78 is 7.84. The summed E-state index contributed by atoms with van der Waals surface area (Å²) in [6.45, 7) is 0. The van der Waals surface area contributed by atoms with Crippen LogP contribution in [0.3, 0.4) is 0 Å². The second kappa shape index (κ2) is 6.42. The molecular formula is C17H16N4OS. The summed E-state index contributed by atoms with van der Waals surface area (Å²) in [6.07, 6.45) is 2.28. The van der Waals surface area contributed by atoms with E-state index in [1.54, 1.807) is 16.4 Å². The van der Waals surface area contributed by atoms with Crippen molar-refractivity contribution >= 4 is 11.8 Å². The number of para-hydroxylation sites is 2. The van der Waals surface area contributed by atoms with E-state index < -0.39 is 0 Å². The fourth-order valence-corrected chi connectivity index (χ4v) is 3.59. The summed E-state index contributed by atoms with van der Waals surface area (Å²) in [5, 5.41) is 12.8. The van der Waals surface area contributed by atoms with Gasteiger partial charge in [0.25, 0.3) is 0 Å². The Morgan fingerprint density at radius 3 is 2.83 bits per heavy atom. The van der Waals surface area contributed by atoms with E-state index in [1.165, 1.54) is 5.56 Å². The highest BCUT2D eigenvalue weighted by molar-refractivity contribution is 7.99. The number of rotatable bonds is 4. The number of hydrogen-bond donors (Lipinski definition) is 0. The first kappa shape index (κ1) is 14.3. The SMILES string of the molecule is c1ccc(-n2nnnc2SCC2CCc3ccccc3O2)cc1. The lowest BCUT2D eigenvalue weighted by Gasteiger charge is -2.25. The van der Waals surface area contributed by atoms with Crippen molar-refractivity contribution in [2.75, 3.05) is 5.75 Å². The minimum atomic E-state index is 0.191. The molecule has 4 rings (SSSR count). The van der Waals surface area contributed by atoms with Gasteiger partial charge in [-0.3, -0.25) is 0 Å². The van der Waals surface area contributed by atoms with Crippen molar-refractivity contribution in [2.24, 2.45) is 0 Å². The van der Waals surface area contributed by atoms with E-state index in [-0.39, 0.29) is 6.10 Å². The Hall–Kier alpha value is -2.34. The topological polar surface area (TPSA) is 52.8 Å². The molecule has 0 bridgehead atoms. The van der Waals surface area contributed by atoms with Crippen molar-refractivity contribution in [3.63, 3.8) is 0 Å². The third-order valence-corrected chi connectivity index (χ3v) is 4.89. The minimum absolute atomic E-state index is 0.191. The van der Waals surface area contributed by atoms with Gasteiger partial charge in [0, 0.05) is 5.75 Å². The van der Waals surface area contributed by atoms with Crippen LogP contribution in [0.2, 0.25) is 0 Å². The molecule has 0 amide bonds. The zero-order chi connectivity index (χ0) is 15.5. The van der Waals surface area contributed by atoms with Gasteiger partial charge in [0.2, 0.25) is 5.16 Å². The first-order chi connectivity index (χ1) is 11.4. The molecule has 0 spiro atoms. The van der Waals surface area contributed by atoms with Gasteiger partial charge < -0.3 is 4.74 Å². The fourth-order valence-electron chi connectivity index (χ4n) is 2.67. The van der Waals surface area contributed by atoms with Gasteiger partial charge >= 0.3 is 0 Å². The number of aromatic nitrogens is 4. The second-order valence-corrected chi connectivity index (χ2v) is 6.39. The first-order valence-electron chi connectivity index (χ1n) is 7.61. The number of nitrogens with zero attached hydrogens (tertiary/aromatic N) is 4. The minimum Gasteiger partial charge on any atom is -0.489 e. The molecule has 2 aromatic carbocycles. The Kier molecular flexibility index (Phi) is 3.98. The number of hydrogen-bond acceptors (Lipinski definition) is 5. The first-order valence-corrected chi connectivity index (χ1v) is 8.60. The highest BCUT2D eigenvalue weighted by atomic mass is 32.2. The van der Waals surface area contributed by atoms with Crippen LogP contribution in [0.15, 0.2) is 59.8 Å². The van der Waals surface area contributed by atoms with Crippen LogP contribution in [0.1, 0.15) is 12.0 Å². The molecule has 2 heterocycles. The van der Waals surface area contributed by atoms with Crippen molar-refractivity contribution in [1.82, 2.24) is 20.2 Å². The van der Waals surface area contributed by atoms with E-state index in [0.717, 1.165) is 35.2 Å². The number of aryl methyl sites for hydroxylation is 1. The third-order valence-electron chi connectivity index (χ3n) is 3.84. The molecular weight excluding hydrogens is 308 g/mol. The third kappa shape index (κ3) is 3.07. The Bertz CT molecular complexity index is 790. The lowest BCUT2D eigenvalue weighted by Crippen LogP contribution is -2.25. The molecule has 1 aliphatic rings. The molecule has 0 radical (unpaired) electrons. The van der Waals surface area contributed by atoms with Gasteiger partial charge in [0.05, 0.1) is 5.69 Å². The zero-order valence-electron chi connectivity index (χ0n) is 12.5. The normalized spacial score (nSPS) is 16.6. The molecule has 1 unspecified atom stereocenters. The smallest absolute Gasteiger partial charge is 0.214 e. The summed E-state index contributed by atoms with van der Waals surface area (Å²) >= 11 is 1.63. The Morgan fingerprint density at radius 1 is 1.09 bits per heavy atom. The maximum atomic E-state index is 6.08. The molecule has 3 aromatic rings. The van der Waals surface area contributed by atoms with Crippen molar-refractivity contribution < 1.29 is 4.74 Å². The van der Waals surface area contributed by atoms with E-state index in [1.807, 2.05) is 42.5 Å². The lowest BCUT2D eigenvalue weighted by atomic mass is 10.0. The molecule has 0 saturated heterocycles. The van der Waals surface area contributed by atoms with Gasteiger partial charge in [0.1, 0.15) is 11.9 Å². The maximum Gasteiger partial charge on any atom is 0.214 e. The standard InChI is InChI=1S/C17H16N4OS/c1-2-7-14(8-3-1)21-17(18-19-20-21)23-12-15-11-10-13-6-4-5-9-16(13)22-15/h1-9,15H,10-12H2. The molecule has 0 N–H and O–H groups in total. The Balaban J connectivity index is 1.44. The maximum absolute atomic E-state index is 6.08. The van der Waals surface area contributed by atoms with Crippen molar-refractivity contribution in [3.8, 4) is 11.4 Å². The molecule has 5 nitrogen and oxygen atoms in total. The predicted molar refractivity (Wildman–Crippen MR) is 89.1 cm³/mol. The molecule has 23 heavy (non-hydrogen) atoms. The number of fused-ring (bicyclic) bond motifs is 1. The largest absolute Gasteiger partial charge is 0.489 e. The molecule has 116 valence electrons. The second-order valence-electron chi connectivity index (χ2n) is 5.41. The van der Waals surface area contributed by atoms with E-state index >= 15 is 0 Å². The highest BCUT2D eigenvalue weighted by Crippen LogP contribution is 2.29. The van der Waals surface area contributed by atoms with Crippen molar-refractivity contribution in [2.45, 2.75) is 24.1 Å². The molecule has 0 saturated carbocycles. The van der Waals surface area contributed by atoms with Crippen LogP contribution in [0.4, 0.5) is 0 Å². The lowest BCUT2D eigenvalue weighted by molar-refractivity contribution is 0.197. The number of ether oxygens (including phenoxy) is 1. The fraction of sp³-hybridized carbons (Fsp3) is 0.235. The van der Waals surface area contributed by atoms with Crippen LogP contribution in [-0.4, -0.2) is 32.1 Å². The number of benzene rings is 2. The van der Waals surface area contributed by atoms with E-state index in [9.17, 15) is 0 Å². The summed E-state index contributed by atoms with van der Waals surface area (Å²) in [7, 11) is 0. The van der Waals surface area contributed by atoms with Gasteiger partial charge in [-0.1, -0.05) is 48.2 Å². The van der Waals surface area contributed by atoms with Crippen LogP contribution in [0, 0.1) is 0 Å². The number of thioether (sulfide) groups is 1. The summed E-state index contributed by atoms with van der Waals surface area (Å²) in [5.41, 5.74) is 2.26. The average Bonchev–Trinajstić information content (AvgIpc) is 3.09. The van der Waals surface area contributed by atoms with Gasteiger partial charge in [-0.05, 0) is 47.0 Å². The Labute approximate surface area is 138 Å². The zero-order valence-corrected chi connectivity index (χ0v) is 13.3. The summed E-state index contributed by atoms with van der Waals surface area (Å²) in [5.74, 6) is 1.84. The van der Waals surface area contributed by atoms with Crippen LogP contribution >= 0.6 is 11.8 Å². The molecule has 6 heteroatoms. The van der Waals surface area contributed by atoms with Gasteiger partial charge in [-0.25, -0.2) is 0 Å². The molecule has 0 fully saturated rings. The molecule has 0 aliphatic carbocycles. The summed E-state index contributed by atoms with van der Waals surface area (Å²) in [4.78, 5) is 0.